The smallest absolute Gasteiger partial charge is 0.191 e. The number of guanidine groups is 1. The standard InChI is InChI=1S/C24H27N3O3.HI/c1-2-7-19(8-3-1)29-18-15-26-24(25-14-12-20-9-6-16-28-20)27-22-13-17-30-23-11-5-4-10-21(22)23;/h1-11,16,22H,12-15,17-18H2,(H2,25,26,27);1H. The number of halogens is 1. The number of aliphatic imine (C=N–C) groups is 1. The van der Waals surface area contributed by atoms with Gasteiger partial charge in [0.25, 0.3) is 0 Å². The molecule has 1 aliphatic rings. The molecule has 1 atom stereocenters. The summed E-state index contributed by atoms with van der Waals surface area (Å²) in [4.78, 5) is 4.75. The van der Waals surface area contributed by atoms with E-state index in [0.29, 0.717) is 26.3 Å². The molecule has 0 radical (unpaired) electrons. The molecule has 0 spiro atoms. The maximum absolute atomic E-state index is 5.79. The number of hydrogen-bond acceptors (Lipinski definition) is 4. The predicted octanol–water partition coefficient (Wildman–Crippen LogP) is 4.58. The third kappa shape index (κ3) is 6.92. The van der Waals surface area contributed by atoms with Crippen molar-refractivity contribution in [1.29, 1.82) is 0 Å². The highest BCUT2D eigenvalue weighted by Gasteiger charge is 2.21. The Hall–Kier alpha value is -2.68. The highest BCUT2D eigenvalue weighted by Crippen LogP contribution is 2.31. The molecule has 0 aliphatic carbocycles. The van der Waals surface area contributed by atoms with Crippen LogP contribution in [0.5, 0.6) is 11.5 Å². The van der Waals surface area contributed by atoms with Gasteiger partial charge in [-0.2, -0.15) is 0 Å². The molecule has 1 unspecified atom stereocenters. The lowest BCUT2D eigenvalue weighted by atomic mass is 10.0. The van der Waals surface area contributed by atoms with Gasteiger partial charge in [-0.25, -0.2) is 0 Å². The molecule has 164 valence electrons. The Morgan fingerprint density at radius 3 is 2.71 bits per heavy atom. The second-order valence-corrected chi connectivity index (χ2v) is 7.02. The van der Waals surface area contributed by atoms with E-state index in [1.807, 2.05) is 60.7 Å². The molecule has 3 aromatic rings. The van der Waals surface area contributed by atoms with E-state index in [1.54, 1.807) is 6.26 Å². The van der Waals surface area contributed by atoms with Crippen LogP contribution in [0.3, 0.4) is 0 Å². The van der Waals surface area contributed by atoms with Crippen molar-refractivity contribution < 1.29 is 13.9 Å². The van der Waals surface area contributed by atoms with Crippen molar-refractivity contribution in [2.45, 2.75) is 18.9 Å². The summed E-state index contributed by atoms with van der Waals surface area (Å²) in [6.45, 7) is 2.51. The largest absolute Gasteiger partial charge is 0.493 e. The number of ether oxygens (including phenoxy) is 2. The Kier molecular flexibility index (Phi) is 9.08. The first kappa shape index (κ1) is 23.0. The maximum atomic E-state index is 5.79. The minimum absolute atomic E-state index is 0. The fourth-order valence-corrected chi connectivity index (χ4v) is 3.40. The first-order valence-electron chi connectivity index (χ1n) is 10.4. The molecule has 6 nitrogen and oxygen atoms in total. The molecule has 2 aromatic carbocycles. The lowest BCUT2D eigenvalue weighted by Crippen LogP contribution is -2.42. The molecule has 7 heteroatoms. The van der Waals surface area contributed by atoms with E-state index < -0.39 is 0 Å². The van der Waals surface area contributed by atoms with Gasteiger partial charge in [0.1, 0.15) is 23.9 Å². The fourth-order valence-electron chi connectivity index (χ4n) is 3.40. The zero-order valence-electron chi connectivity index (χ0n) is 17.3. The third-order valence-corrected chi connectivity index (χ3v) is 4.88. The maximum Gasteiger partial charge on any atom is 0.191 e. The second kappa shape index (κ2) is 12.2. The average Bonchev–Trinajstić information content (AvgIpc) is 3.31. The molecule has 1 aliphatic heterocycles. The number of benzene rings is 2. The Balaban J connectivity index is 0.00000272. The number of furan rings is 1. The van der Waals surface area contributed by atoms with Crippen LogP contribution in [0, 0.1) is 0 Å². The minimum Gasteiger partial charge on any atom is -0.493 e. The van der Waals surface area contributed by atoms with E-state index in [0.717, 1.165) is 41.6 Å². The minimum atomic E-state index is 0. The number of nitrogens with one attached hydrogen (secondary N) is 2. The van der Waals surface area contributed by atoms with Crippen molar-refractivity contribution in [3.8, 4) is 11.5 Å². The molecule has 2 heterocycles. The highest BCUT2D eigenvalue weighted by molar-refractivity contribution is 14.0. The van der Waals surface area contributed by atoms with Crippen molar-refractivity contribution in [3.05, 3.63) is 84.3 Å². The molecule has 0 bridgehead atoms. The van der Waals surface area contributed by atoms with Crippen LogP contribution in [-0.4, -0.2) is 32.3 Å². The SMILES string of the molecule is I.c1ccc(OCCNC(=NCCc2ccco2)NC2CCOc3ccccc32)cc1. The van der Waals surface area contributed by atoms with Crippen LogP contribution in [0.1, 0.15) is 23.8 Å². The summed E-state index contributed by atoms with van der Waals surface area (Å²) in [5.41, 5.74) is 1.16. The lowest BCUT2D eigenvalue weighted by molar-refractivity contribution is 0.261. The van der Waals surface area contributed by atoms with Crippen molar-refractivity contribution in [2.75, 3.05) is 26.3 Å². The second-order valence-electron chi connectivity index (χ2n) is 7.02. The number of para-hydroxylation sites is 2. The van der Waals surface area contributed by atoms with E-state index in [4.69, 9.17) is 18.9 Å². The van der Waals surface area contributed by atoms with Gasteiger partial charge in [0.2, 0.25) is 0 Å². The van der Waals surface area contributed by atoms with Gasteiger partial charge in [-0.15, -0.1) is 24.0 Å². The van der Waals surface area contributed by atoms with Crippen LogP contribution in [0.4, 0.5) is 0 Å². The summed E-state index contributed by atoms with van der Waals surface area (Å²) < 4.78 is 17.0. The van der Waals surface area contributed by atoms with Crippen LogP contribution in [0.25, 0.3) is 0 Å². The van der Waals surface area contributed by atoms with E-state index in [1.165, 1.54) is 0 Å². The van der Waals surface area contributed by atoms with Gasteiger partial charge in [-0.3, -0.25) is 4.99 Å². The quantitative estimate of drug-likeness (QED) is 0.192. The third-order valence-electron chi connectivity index (χ3n) is 4.88. The lowest BCUT2D eigenvalue weighted by Gasteiger charge is -2.28. The molecule has 0 saturated heterocycles. The van der Waals surface area contributed by atoms with Crippen molar-refractivity contribution in [3.63, 3.8) is 0 Å². The van der Waals surface area contributed by atoms with Crippen LogP contribution < -0.4 is 20.1 Å². The Morgan fingerprint density at radius 1 is 1.03 bits per heavy atom. The highest BCUT2D eigenvalue weighted by atomic mass is 127. The summed E-state index contributed by atoms with van der Waals surface area (Å²) in [6, 6.07) is 22.0. The van der Waals surface area contributed by atoms with Crippen LogP contribution in [0.15, 0.2) is 82.4 Å². The van der Waals surface area contributed by atoms with E-state index in [9.17, 15) is 0 Å². The molecule has 2 N–H and O–H groups in total. The van der Waals surface area contributed by atoms with Gasteiger partial charge in [0.05, 0.1) is 25.5 Å². The van der Waals surface area contributed by atoms with Crippen molar-refractivity contribution in [1.82, 2.24) is 10.6 Å². The predicted molar refractivity (Wildman–Crippen MR) is 132 cm³/mol. The van der Waals surface area contributed by atoms with Gasteiger partial charge in [0, 0.05) is 24.9 Å². The van der Waals surface area contributed by atoms with Crippen molar-refractivity contribution >= 4 is 29.9 Å². The summed E-state index contributed by atoms with van der Waals surface area (Å²) >= 11 is 0. The number of fused-ring (bicyclic) bond motifs is 1. The topological polar surface area (TPSA) is 68.0 Å². The van der Waals surface area contributed by atoms with E-state index >= 15 is 0 Å². The first-order chi connectivity index (χ1) is 14.9. The monoisotopic (exact) mass is 533 g/mol. The Morgan fingerprint density at radius 2 is 1.87 bits per heavy atom. The molecule has 1 aromatic heterocycles. The molecule has 31 heavy (non-hydrogen) atoms. The molecule has 0 fully saturated rings. The number of hydrogen-bond donors (Lipinski definition) is 2. The molecule has 0 amide bonds. The van der Waals surface area contributed by atoms with Gasteiger partial charge in [0.15, 0.2) is 5.96 Å². The molecular weight excluding hydrogens is 505 g/mol. The average molecular weight is 533 g/mol. The van der Waals surface area contributed by atoms with Crippen molar-refractivity contribution in [2.24, 2.45) is 4.99 Å². The van der Waals surface area contributed by atoms with Crippen LogP contribution >= 0.6 is 24.0 Å². The Bertz CT molecular complexity index is 932. The molecule has 4 rings (SSSR count). The Labute approximate surface area is 200 Å². The summed E-state index contributed by atoms with van der Waals surface area (Å²) in [6.07, 6.45) is 3.33. The van der Waals surface area contributed by atoms with Crippen LogP contribution in [-0.2, 0) is 6.42 Å². The normalized spacial score (nSPS) is 15.2. The van der Waals surface area contributed by atoms with Gasteiger partial charge in [-0.1, -0.05) is 36.4 Å². The van der Waals surface area contributed by atoms with Gasteiger partial charge >= 0.3 is 0 Å². The zero-order chi connectivity index (χ0) is 20.4. The number of nitrogens with zero attached hydrogens (tertiary/aromatic N) is 1. The summed E-state index contributed by atoms with van der Waals surface area (Å²) in [5, 5.41) is 6.95. The molecule has 0 saturated carbocycles. The zero-order valence-corrected chi connectivity index (χ0v) is 19.7. The van der Waals surface area contributed by atoms with Gasteiger partial charge < -0.3 is 24.5 Å². The van der Waals surface area contributed by atoms with E-state index in [-0.39, 0.29) is 30.0 Å². The van der Waals surface area contributed by atoms with E-state index in [2.05, 4.69) is 16.7 Å². The van der Waals surface area contributed by atoms with Crippen LogP contribution in [0.2, 0.25) is 0 Å². The molecular formula is C24H28IN3O3. The first-order valence-corrected chi connectivity index (χ1v) is 10.4. The van der Waals surface area contributed by atoms with Gasteiger partial charge in [-0.05, 0) is 30.3 Å². The number of rotatable bonds is 8. The fraction of sp³-hybridized carbons (Fsp3) is 0.292. The summed E-state index contributed by atoms with van der Waals surface area (Å²) in [7, 11) is 0. The summed E-state index contributed by atoms with van der Waals surface area (Å²) in [5.74, 6) is 3.49.